The molecule has 3 aromatic rings. The van der Waals surface area contributed by atoms with Gasteiger partial charge in [0.2, 0.25) is 0 Å². The smallest absolute Gasteiger partial charge is 0.259 e. The van der Waals surface area contributed by atoms with Crippen molar-refractivity contribution in [1.29, 1.82) is 0 Å². The van der Waals surface area contributed by atoms with Crippen molar-refractivity contribution in [1.82, 2.24) is 24.4 Å². The largest absolute Gasteiger partial charge is 0.331 e. The van der Waals surface area contributed by atoms with Gasteiger partial charge in [0, 0.05) is 31.0 Å². The molecule has 1 aliphatic heterocycles. The van der Waals surface area contributed by atoms with Gasteiger partial charge in [0.05, 0.1) is 12.2 Å². The molecule has 1 atom stereocenters. The van der Waals surface area contributed by atoms with E-state index in [-0.39, 0.29) is 11.9 Å². The number of carbonyl (C=O) groups is 1. The first-order valence-electron chi connectivity index (χ1n) is 9.61. The van der Waals surface area contributed by atoms with E-state index in [1.54, 1.807) is 10.7 Å². The third-order valence-corrected chi connectivity index (χ3v) is 5.41. The molecule has 0 bridgehead atoms. The summed E-state index contributed by atoms with van der Waals surface area (Å²) >= 11 is 0. The fraction of sp³-hybridized carbons (Fsp3) is 0.381. The topological polar surface area (TPSA) is 53.7 Å². The van der Waals surface area contributed by atoms with Gasteiger partial charge in [-0.2, -0.15) is 5.10 Å². The molecule has 6 nitrogen and oxygen atoms in total. The lowest BCUT2D eigenvalue weighted by Gasteiger charge is -2.41. The molecule has 1 fully saturated rings. The molecule has 0 N–H and O–H groups in total. The first kappa shape index (κ1) is 17.7. The summed E-state index contributed by atoms with van der Waals surface area (Å²) in [6, 6.07) is 10.3. The van der Waals surface area contributed by atoms with Crippen LogP contribution in [0.5, 0.6) is 0 Å². The molecular weight excluding hydrogens is 338 g/mol. The van der Waals surface area contributed by atoms with E-state index in [0.717, 1.165) is 38.2 Å². The van der Waals surface area contributed by atoms with Gasteiger partial charge in [-0.05, 0) is 25.1 Å². The Kier molecular flexibility index (Phi) is 4.90. The number of benzene rings is 1. The Morgan fingerprint density at radius 2 is 1.96 bits per heavy atom. The Morgan fingerprint density at radius 3 is 2.63 bits per heavy atom. The van der Waals surface area contributed by atoms with Crippen LogP contribution in [0.25, 0.3) is 5.65 Å². The number of carbonyl (C=O) groups excluding carboxylic acids is 1. The normalized spacial score (nSPS) is 16.7. The molecule has 4 rings (SSSR count). The number of likely N-dealkylation sites (tertiary alicyclic amines) is 1. The number of fused-ring (bicyclic) bond motifs is 1. The summed E-state index contributed by atoms with van der Waals surface area (Å²) in [5, 5.41) is 4.39. The van der Waals surface area contributed by atoms with Crippen molar-refractivity contribution in [2.75, 3.05) is 19.6 Å². The van der Waals surface area contributed by atoms with Crippen molar-refractivity contribution in [3.63, 3.8) is 0 Å². The van der Waals surface area contributed by atoms with E-state index < -0.39 is 0 Å². The molecule has 1 saturated heterocycles. The van der Waals surface area contributed by atoms with Crippen LogP contribution in [0.1, 0.15) is 47.8 Å². The summed E-state index contributed by atoms with van der Waals surface area (Å²) in [5.41, 5.74) is 3.48. The monoisotopic (exact) mass is 363 g/mol. The maximum atomic E-state index is 13.1. The zero-order valence-corrected chi connectivity index (χ0v) is 15.9. The van der Waals surface area contributed by atoms with Crippen LogP contribution in [0, 0.1) is 0 Å². The van der Waals surface area contributed by atoms with Crippen molar-refractivity contribution in [3.05, 3.63) is 65.6 Å². The maximum absolute atomic E-state index is 13.1. The lowest BCUT2D eigenvalue weighted by Crippen LogP contribution is -2.45. The maximum Gasteiger partial charge on any atom is 0.259 e. The van der Waals surface area contributed by atoms with E-state index >= 15 is 0 Å². The van der Waals surface area contributed by atoms with Crippen molar-refractivity contribution >= 4 is 11.6 Å². The highest BCUT2D eigenvalue weighted by Crippen LogP contribution is 2.34. The summed E-state index contributed by atoms with van der Waals surface area (Å²) in [4.78, 5) is 21.9. The highest BCUT2D eigenvalue weighted by Gasteiger charge is 2.35. The van der Waals surface area contributed by atoms with Gasteiger partial charge in [-0.3, -0.25) is 9.69 Å². The number of hydrogen-bond donors (Lipinski definition) is 0. The summed E-state index contributed by atoms with van der Waals surface area (Å²) in [5.74, 6) is 0.00842. The predicted molar refractivity (Wildman–Crippen MR) is 104 cm³/mol. The van der Waals surface area contributed by atoms with E-state index in [4.69, 9.17) is 0 Å². The number of rotatable bonds is 6. The van der Waals surface area contributed by atoms with Crippen molar-refractivity contribution < 1.29 is 4.79 Å². The van der Waals surface area contributed by atoms with Crippen molar-refractivity contribution in [2.24, 2.45) is 0 Å². The lowest BCUT2D eigenvalue weighted by molar-refractivity contribution is 0.0462. The Bertz CT molecular complexity index is 932. The summed E-state index contributed by atoms with van der Waals surface area (Å²) in [7, 11) is 0. The zero-order chi connectivity index (χ0) is 18.8. The fourth-order valence-electron chi connectivity index (χ4n) is 3.66. The Labute approximate surface area is 159 Å². The van der Waals surface area contributed by atoms with Crippen LogP contribution in [-0.2, 0) is 6.54 Å². The molecule has 1 aliphatic rings. The molecule has 6 heteroatoms. The molecule has 1 unspecified atom stereocenters. The summed E-state index contributed by atoms with van der Waals surface area (Å²) in [6.07, 6.45) is 6.47. The molecule has 27 heavy (non-hydrogen) atoms. The summed E-state index contributed by atoms with van der Waals surface area (Å²) in [6.45, 7) is 7.89. The Hall–Kier alpha value is -2.73. The third kappa shape index (κ3) is 3.32. The van der Waals surface area contributed by atoms with Crippen LogP contribution in [0.4, 0.5) is 0 Å². The minimum absolute atomic E-state index is 0.00842. The standard InChI is InChI=1S/C21H25N5O/c1-3-24(4-2)14-16-12-22-20-18(13-23-26(20)15-16)21(27)25-11-10-19(25)17-8-6-5-7-9-17/h5-9,12-13,15,19H,3-4,10-11,14H2,1-2H3. The summed E-state index contributed by atoms with van der Waals surface area (Å²) < 4.78 is 1.73. The van der Waals surface area contributed by atoms with Crippen LogP contribution in [0.3, 0.4) is 0 Å². The van der Waals surface area contributed by atoms with Gasteiger partial charge in [0.1, 0.15) is 5.56 Å². The molecule has 1 aromatic carbocycles. The van der Waals surface area contributed by atoms with Crippen molar-refractivity contribution in [3.8, 4) is 0 Å². The molecular formula is C21H25N5O. The van der Waals surface area contributed by atoms with Crippen LogP contribution in [0.2, 0.25) is 0 Å². The second-order valence-corrected chi connectivity index (χ2v) is 6.96. The minimum Gasteiger partial charge on any atom is -0.331 e. The number of hydrogen-bond acceptors (Lipinski definition) is 4. The first-order chi connectivity index (χ1) is 13.2. The molecule has 0 saturated carbocycles. The SMILES string of the molecule is CCN(CC)Cc1cnc2c(C(=O)N3CCC3c3ccccc3)cnn2c1. The first-order valence-corrected chi connectivity index (χ1v) is 9.61. The number of amides is 1. The van der Waals surface area contributed by atoms with Crippen LogP contribution in [0.15, 0.2) is 48.9 Å². The average molecular weight is 363 g/mol. The van der Waals surface area contributed by atoms with Crippen molar-refractivity contribution in [2.45, 2.75) is 32.9 Å². The average Bonchev–Trinajstić information content (AvgIpc) is 3.09. The molecule has 1 amide bonds. The molecule has 2 aromatic heterocycles. The van der Waals surface area contributed by atoms with Gasteiger partial charge in [0.15, 0.2) is 5.65 Å². The number of aromatic nitrogens is 3. The highest BCUT2D eigenvalue weighted by molar-refractivity contribution is 6.00. The molecule has 3 heterocycles. The van der Waals surface area contributed by atoms with E-state index in [9.17, 15) is 4.79 Å². The van der Waals surface area contributed by atoms with Gasteiger partial charge >= 0.3 is 0 Å². The highest BCUT2D eigenvalue weighted by atomic mass is 16.2. The van der Waals surface area contributed by atoms with Gasteiger partial charge in [0.25, 0.3) is 5.91 Å². The molecule has 0 spiro atoms. The van der Waals surface area contributed by atoms with E-state index in [0.29, 0.717) is 11.2 Å². The Morgan fingerprint density at radius 1 is 1.19 bits per heavy atom. The van der Waals surface area contributed by atoms with Gasteiger partial charge in [-0.25, -0.2) is 9.50 Å². The second-order valence-electron chi connectivity index (χ2n) is 6.96. The van der Waals surface area contributed by atoms with Crippen LogP contribution in [-0.4, -0.2) is 49.9 Å². The quantitative estimate of drug-likeness (QED) is 0.675. The molecule has 0 radical (unpaired) electrons. The van der Waals surface area contributed by atoms with Crippen LogP contribution < -0.4 is 0 Å². The van der Waals surface area contributed by atoms with Gasteiger partial charge in [-0.15, -0.1) is 0 Å². The molecule has 140 valence electrons. The van der Waals surface area contributed by atoms with E-state index in [1.807, 2.05) is 35.5 Å². The third-order valence-electron chi connectivity index (χ3n) is 5.41. The lowest BCUT2D eigenvalue weighted by atomic mass is 9.94. The van der Waals surface area contributed by atoms with E-state index in [1.165, 1.54) is 5.56 Å². The molecule has 0 aliphatic carbocycles. The second kappa shape index (κ2) is 7.48. The number of nitrogens with zero attached hydrogens (tertiary/aromatic N) is 5. The predicted octanol–water partition coefficient (Wildman–Crippen LogP) is 3.16. The minimum atomic E-state index is 0.00842. The van der Waals surface area contributed by atoms with Gasteiger partial charge < -0.3 is 4.90 Å². The zero-order valence-electron chi connectivity index (χ0n) is 15.9. The van der Waals surface area contributed by atoms with Crippen LogP contribution >= 0.6 is 0 Å². The fourth-order valence-corrected chi connectivity index (χ4v) is 3.66. The Balaban J connectivity index is 1.56. The van der Waals surface area contributed by atoms with Gasteiger partial charge in [-0.1, -0.05) is 44.2 Å². The van der Waals surface area contributed by atoms with E-state index in [2.05, 4.69) is 41.0 Å².